The van der Waals surface area contributed by atoms with E-state index in [9.17, 15) is 26.9 Å². The zero-order valence-corrected chi connectivity index (χ0v) is 12.9. The monoisotopic (exact) mass is 357 g/mol. The van der Waals surface area contributed by atoms with Gasteiger partial charge < -0.3 is 0 Å². The van der Waals surface area contributed by atoms with Gasteiger partial charge in [-0.1, -0.05) is 11.6 Å². The average molecular weight is 358 g/mol. The molecule has 9 nitrogen and oxygen atoms in total. The van der Waals surface area contributed by atoms with E-state index >= 15 is 0 Å². The van der Waals surface area contributed by atoms with E-state index in [0.29, 0.717) is 0 Å². The summed E-state index contributed by atoms with van der Waals surface area (Å²) >= 11 is 5.58. The highest BCUT2D eigenvalue weighted by molar-refractivity contribution is 7.89. The number of nitrogens with two attached hydrogens (primary N) is 1. The summed E-state index contributed by atoms with van der Waals surface area (Å²) in [5, 5.41) is 15.3. The molecule has 1 rings (SSSR count). The van der Waals surface area contributed by atoms with Crippen LogP contribution in [-0.2, 0) is 20.0 Å². The molecule has 0 radical (unpaired) electrons. The zero-order chi connectivity index (χ0) is 16.3. The summed E-state index contributed by atoms with van der Waals surface area (Å²) in [5.41, 5.74) is -0.538. The Hall–Kier alpha value is -1.27. The van der Waals surface area contributed by atoms with Crippen LogP contribution in [0.5, 0.6) is 0 Å². The first-order valence-electron chi connectivity index (χ1n) is 5.47. The number of sulfonamides is 2. The molecule has 0 fully saturated rings. The van der Waals surface area contributed by atoms with Crippen molar-refractivity contribution in [1.29, 1.82) is 0 Å². The predicted molar refractivity (Wildman–Crippen MR) is 75.9 cm³/mol. The van der Waals surface area contributed by atoms with Gasteiger partial charge in [0.15, 0.2) is 0 Å². The van der Waals surface area contributed by atoms with Crippen LogP contribution in [0.4, 0.5) is 5.69 Å². The Labute approximate surface area is 126 Å². The Morgan fingerprint density at radius 3 is 2.43 bits per heavy atom. The van der Waals surface area contributed by atoms with Crippen LogP contribution >= 0.6 is 11.6 Å². The summed E-state index contributed by atoms with van der Waals surface area (Å²) in [6, 6.07) is 3.03. The molecule has 1 aromatic carbocycles. The molecular formula is C9H12ClN3O6S2. The van der Waals surface area contributed by atoms with Crippen molar-refractivity contribution in [1.82, 2.24) is 4.72 Å². The maximum Gasteiger partial charge on any atom is 0.289 e. The van der Waals surface area contributed by atoms with Crippen LogP contribution in [0.2, 0.25) is 5.02 Å². The lowest BCUT2D eigenvalue weighted by Gasteiger charge is -2.06. The minimum atomic E-state index is -4.00. The highest BCUT2D eigenvalue weighted by Crippen LogP contribution is 2.26. The molecular weight excluding hydrogens is 346 g/mol. The summed E-state index contributed by atoms with van der Waals surface area (Å²) in [5.74, 6) is -0.379. The van der Waals surface area contributed by atoms with Gasteiger partial charge in [0, 0.05) is 12.6 Å². The molecule has 0 saturated heterocycles. The van der Waals surface area contributed by atoms with Crippen molar-refractivity contribution in [2.75, 3.05) is 12.3 Å². The number of nitrogens with one attached hydrogen (secondary N) is 1. The number of hydrogen-bond donors (Lipinski definition) is 2. The highest BCUT2D eigenvalue weighted by atomic mass is 35.5. The lowest BCUT2D eigenvalue weighted by atomic mass is 10.3. The minimum absolute atomic E-state index is 0.0201. The Morgan fingerprint density at radius 2 is 1.90 bits per heavy atom. The van der Waals surface area contributed by atoms with Crippen LogP contribution in [0.25, 0.3) is 0 Å². The molecule has 0 spiro atoms. The normalized spacial score (nSPS) is 12.3. The first kappa shape index (κ1) is 17.8. The fourth-order valence-corrected chi connectivity index (χ4v) is 3.19. The first-order valence-corrected chi connectivity index (χ1v) is 9.05. The molecule has 0 aliphatic heterocycles. The summed E-state index contributed by atoms with van der Waals surface area (Å²) in [7, 11) is -7.67. The molecule has 0 heterocycles. The van der Waals surface area contributed by atoms with Gasteiger partial charge in [0.2, 0.25) is 20.0 Å². The molecule has 12 heteroatoms. The van der Waals surface area contributed by atoms with E-state index in [0.717, 1.165) is 18.2 Å². The molecule has 21 heavy (non-hydrogen) atoms. The molecule has 118 valence electrons. The number of hydrogen-bond acceptors (Lipinski definition) is 6. The van der Waals surface area contributed by atoms with Gasteiger partial charge in [-0.3, -0.25) is 10.1 Å². The number of halogens is 1. The Kier molecular flexibility index (Phi) is 5.64. The van der Waals surface area contributed by atoms with Crippen LogP contribution in [0.3, 0.4) is 0 Å². The van der Waals surface area contributed by atoms with Gasteiger partial charge in [-0.15, -0.1) is 0 Å². The fourth-order valence-electron chi connectivity index (χ4n) is 1.36. The zero-order valence-electron chi connectivity index (χ0n) is 10.5. The quantitative estimate of drug-likeness (QED) is 0.404. The van der Waals surface area contributed by atoms with Gasteiger partial charge in [0.1, 0.15) is 5.02 Å². The molecule has 0 saturated carbocycles. The van der Waals surface area contributed by atoms with E-state index < -0.39 is 30.7 Å². The topological polar surface area (TPSA) is 149 Å². The maximum atomic E-state index is 11.9. The molecule has 3 N–H and O–H groups in total. The van der Waals surface area contributed by atoms with Gasteiger partial charge in [0.25, 0.3) is 5.69 Å². The third-order valence-corrected chi connectivity index (χ3v) is 4.96. The lowest BCUT2D eigenvalue weighted by molar-refractivity contribution is -0.384. The largest absolute Gasteiger partial charge is 0.289 e. The standard InChI is InChI=1S/C9H12ClN3O6S2/c10-8-3-2-7(6-9(8)13(14)15)21(18,19)12-4-1-5-20(11,16)17/h2-3,6,12H,1,4-5H2,(H2,11,16,17). The summed E-state index contributed by atoms with van der Waals surface area (Å²) in [6.07, 6.45) is -0.0201. The van der Waals surface area contributed by atoms with Crippen molar-refractivity contribution in [3.63, 3.8) is 0 Å². The van der Waals surface area contributed by atoms with Crippen molar-refractivity contribution in [2.45, 2.75) is 11.3 Å². The van der Waals surface area contributed by atoms with Crippen molar-refractivity contribution < 1.29 is 21.8 Å². The summed E-state index contributed by atoms with van der Waals surface area (Å²) in [6.45, 7) is -0.171. The van der Waals surface area contributed by atoms with Crippen LogP contribution in [0, 0.1) is 10.1 Å². The number of nitro benzene ring substituents is 1. The minimum Gasteiger partial charge on any atom is -0.258 e. The Balaban J connectivity index is 2.84. The van der Waals surface area contributed by atoms with Gasteiger partial charge in [-0.05, 0) is 18.6 Å². The van der Waals surface area contributed by atoms with Crippen molar-refractivity contribution in [3.05, 3.63) is 33.3 Å². The predicted octanol–water partition coefficient (Wildman–Crippen LogP) is 0.205. The third kappa shape index (κ3) is 5.55. The molecule has 0 aliphatic rings. The molecule has 0 atom stereocenters. The van der Waals surface area contributed by atoms with Crippen molar-refractivity contribution >= 4 is 37.3 Å². The molecule has 0 unspecified atom stereocenters. The highest BCUT2D eigenvalue weighted by Gasteiger charge is 2.20. The number of primary sulfonamides is 1. The molecule has 0 bridgehead atoms. The third-order valence-electron chi connectivity index (χ3n) is 2.32. The van der Waals surface area contributed by atoms with Crippen molar-refractivity contribution in [2.24, 2.45) is 5.14 Å². The van der Waals surface area contributed by atoms with Crippen LogP contribution in [0.15, 0.2) is 23.1 Å². The summed E-state index contributed by atoms with van der Waals surface area (Å²) in [4.78, 5) is 9.56. The molecule has 1 aromatic rings. The fraction of sp³-hybridized carbons (Fsp3) is 0.333. The second-order valence-corrected chi connectivity index (χ2v) is 7.90. The molecule has 0 amide bonds. The van der Waals surface area contributed by atoms with Crippen LogP contribution in [-0.4, -0.2) is 34.1 Å². The smallest absolute Gasteiger partial charge is 0.258 e. The molecule has 0 aromatic heterocycles. The van der Waals surface area contributed by atoms with Gasteiger partial charge >= 0.3 is 0 Å². The van der Waals surface area contributed by atoms with E-state index in [1.165, 1.54) is 0 Å². The van der Waals surface area contributed by atoms with E-state index in [-0.39, 0.29) is 28.6 Å². The summed E-state index contributed by atoms with van der Waals surface area (Å²) < 4.78 is 47.3. The van der Waals surface area contributed by atoms with Crippen molar-refractivity contribution in [3.8, 4) is 0 Å². The van der Waals surface area contributed by atoms with E-state index in [1.54, 1.807) is 0 Å². The lowest BCUT2D eigenvalue weighted by Crippen LogP contribution is -2.27. The van der Waals surface area contributed by atoms with E-state index in [1.807, 2.05) is 0 Å². The van der Waals surface area contributed by atoms with Crippen LogP contribution < -0.4 is 9.86 Å². The number of benzene rings is 1. The maximum absolute atomic E-state index is 11.9. The number of nitrogens with zero attached hydrogens (tertiary/aromatic N) is 1. The number of rotatable bonds is 7. The second-order valence-electron chi connectivity index (χ2n) is 3.99. The van der Waals surface area contributed by atoms with Crippen LogP contribution in [0.1, 0.15) is 6.42 Å². The average Bonchev–Trinajstić information content (AvgIpc) is 2.33. The van der Waals surface area contributed by atoms with Gasteiger partial charge in [0.05, 0.1) is 15.6 Å². The van der Waals surface area contributed by atoms with E-state index in [2.05, 4.69) is 4.72 Å². The van der Waals surface area contributed by atoms with Gasteiger partial charge in [-0.2, -0.15) is 0 Å². The number of nitro groups is 1. The van der Waals surface area contributed by atoms with Gasteiger partial charge in [-0.25, -0.2) is 26.7 Å². The SMILES string of the molecule is NS(=O)(=O)CCCNS(=O)(=O)c1ccc(Cl)c([N+](=O)[O-])c1. The Morgan fingerprint density at radius 1 is 1.29 bits per heavy atom. The second kappa shape index (κ2) is 6.66. The first-order chi connectivity index (χ1) is 9.53. The molecule has 0 aliphatic carbocycles. The van der Waals surface area contributed by atoms with E-state index in [4.69, 9.17) is 16.7 Å². The Bertz CT molecular complexity index is 747.